The Morgan fingerprint density at radius 2 is 1.18 bits per heavy atom. The normalized spacial score (nSPS) is 18.7. The number of anilines is 3. The smallest absolute Gasteiger partial charge is 0.405 e. The van der Waals surface area contributed by atoms with Crippen LogP contribution in [0.25, 0.3) is 0 Å². The molecule has 4 aromatic rings. The Hall–Kier alpha value is -6.28. The van der Waals surface area contributed by atoms with Crippen molar-refractivity contribution < 1.29 is 33.5 Å². The zero-order valence-corrected chi connectivity index (χ0v) is 35.2. The van der Waals surface area contributed by atoms with E-state index in [0.717, 1.165) is 61.2 Å². The van der Waals surface area contributed by atoms with Crippen LogP contribution < -0.4 is 20.9 Å². The van der Waals surface area contributed by atoms with Gasteiger partial charge in [0.2, 0.25) is 23.6 Å². The van der Waals surface area contributed by atoms with Crippen LogP contribution in [-0.4, -0.2) is 93.8 Å². The number of carbonyl (C=O) groups excluding carboxylic acids is 4. The van der Waals surface area contributed by atoms with Gasteiger partial charge < -0.3 is 35.8 Å². The van der Waals surface area contributed by atoms with Crippen molar-refractivity contribution in [3.05, 3.63) is 126 Å². The lowest BCUT2D eigenvalue weighted by Gasteiger charge is -2.37. The number of hydrogen-bond donors (Lipinski definition) is 4. The van der Waals surface area contributed by atoms with Crippen molar-refractivity contribution in [2.45, 2.75) is 95.5 Å². The molecule has 0 radical (unpaired) electrons. The van der Waals surface area contributed by atoms with Crippen LogP contribution in [0.15, 0.2) is 103 Å². The number of carbonyl (C=O) groups is 5. The van der Waals surface area contributed by atoms with E-state index >= 15 is 0 Å². The molecule has 0 spiro atoms. The summed E-state index contributed by atoms with van der Waals surface area (Å²) in [7, 11) is 0. The van der Waals surface area contributed by atoms with Gasteiger partial charge in [-0.1, -0.05) is 67.9 Å². The first-order valence-electron chi connectivity index (χ1n) is 21.8. The zero-order valence-electron chi connectivity index (χ0n) is 35.2. The maximum atomic E-state index is 14.3. The molecular formula is C48H56FN7O6. The highest BCUT2D eigenvalue weighted by Crippen LogP contribution is 2.31. The molecule has 13 nitrogen and oxygen atoms in total. The van der Waals surface area contributed by atoms with Gasteiger partial charge >= 0.3 is 6.09 Å². The number of hydrogen-bond acceptors (Lipinski definition) is 7. The number of halogens is 1. The lowest BCUT2D eigenvalue weighted by Crippen LogP contribution is -2.52. The largest absolute Gasteiger partial charge is 0.465 e. The molecule has 0 bridgehead atoms. The fourth-order valence-electron chi connectivity index (χ4n) is 8.94. The van der Waals surface area contributed by atoms with E-state index in [1.807, 2.05) is 66.7 Å². The zero-order chi connectivity index (χ0) is 43.6. The number of nitrogens with zero attached hydrogens (tertiary/aromatic N) is 4. The van der Waals surface area contributed by atoms with Gasteiger partial charge in [0.1, 0.15) is 30.0 Å². The third kappa shape index (κ3) is 10.8. The topological polar surface area (TPSA) is 155 Å². The van der Waals surface area contributed by atoms with Crippen LogP contribution >= 0.6 is 0 Å². The Kier molecular flexibility index (Phi) is 14.5. The van der Waals surface area contributed by atoms with E-state index in [4.69, 9.17) is 5.11 Å². The van der Waals surface area contributed by atoms with Crippen LogP contribution in [0.1, 0.15) is 81.0 Å². The van der Waals surface area contributed by atoms with E-state index in [1.165, 1.54) is 17.0 Å². The molecular weight excluding hydrogens is 790 g/mol. The Balaban J connectivity index is 0.981. The monoisotopic (exact) mass is 845 g/mol. The standard InChI is InChI=1S/C48H56FN7O6/c1-2-40(52-48(61)62)46(59)55-29-9-13-41(55)44(57)50-37-21-15-33(16-22-37)31-54(39-25-19-36(49)20-26-39)32-34-17-23-38(24-18-34)51-45(58)42-14-10-30-56(42)47(60)43(35-11-5-3-6-12-35)53-27-7-4-8-28-53/h3,5-6,11-12,15-26,40-43,52H,2,4,7-10,13-14,27-32H2,1H3,(H,50,57)(H,51,58)(H,61,62)/t40-,41-,42-,43+/m0/s1. The first-order valence-corrected chi connectivity index (χ1v) is 21.8. The predicted molar refractivity (Wildman–Crippen MR) is 236 cm³/mol. The molecule has 4 aromatic carbocycles. The van der Waals surface area contributed by atoms with Crippen molar-refractivity contribution in [2.75, 3.05) is 41.7 Å². The second-order valence-corrected chi connectivity index (χ2v) is 16.4. The summed E-state index contributed by atoms with van der Waals surface area (Å²) in [6.45, 7) is 5.29. The first kappa shape index (κ1) is 43.8. The maximum absolute atomic E-state index is 14.3. The number of rotatable bonds is 15. The van der Waals surface area contributed by atoms with Gasteiger partial charge in [0, 0.05) is 43.2 Å². The molecule has 326 valence electrons. The summed E-state index contributed by atoms with van der Waals surface area (Å²) in [5.74, 6) is -1.31. The molecule has 3 heterocycles. The van der Waals surface area contributed by atoms with Gasteiger partial charge in [0.05, 0.1) is 0 Å². The summed E-state index contributed by atoms with van der Waals surface area (Å²) in [4.78, 5) is 73.3. The highest BCUT2D eigenvalue weighted by Gasteiger charge is 2.40. The Morgan fingerprint density at radius 1 is 0.661 bits per heavy atom. The summed E-state index contributed by atoms with van der Waals surface area (Å²) in [6.07, 6.45) is 4.73. The number of nitrogens with one attached hydrogen (secondary N) is 3. The Labute approximate surface area is 362 Å². The minimum atomic E-state index is -1.29. The Bertz CT molecular complexity index is 2170. The van der Waals surface area contributed by atoms with E-state index in [9.17, 15) is 28.4 Å². The second-order valence-electron chi connectivity index (χ2n) is 16.4. The molecule has 4 atom stereocenters. The molecule has 3 saturated heterocycles. The third-order valence-corrected chi connectivity index (χ3v) is 12.2. The van der Waals surface area contributed by atoms with E-state index in [2.05, 4.69) is 25.8 Å². The van der Waals surface area contributed by atoms with Crippen LogP contribution in [0, 0.1) is 5.82 Å². The average Bonchev–Trinajstić information content (AvgIpc) is 3.99. The van der Waals surface area contributed by atoms with Crippen LogP contribution in [0.2, 0.25) is 0 Å². The van der Waals surface area contributed by atoms with Gasteiger partial charge in [-0.25, -0.2) is 9.18 Å². The van der Waals surface area contributed by atoms with E-state index in [-0.39, 0.29) is 30.0 Å². The van der Waals surface area contributed by atoms with Crippen molar-refractivity contribution in [3.63, 3.8) is 0 Å². The van der Waals surface area contributed by atoms with Crippen LogP contribution in [0.3, 0.4) is 0 Å². The molecule has 0 unspecified atom stereocenters. The maximum Gasteiger partial charge on any atom is 0.405 e. The Morgan fingerprint density at radius 3 is 1.68 bits per heavy atom. The molecule has 62 heavy (non-hydrogen) atoms. The number of carboxylic acid groups (broad SMARTS) is 1. The van der Waals surface area contributed by atoms with Crippen LogP contribution in [0.5, 0.6) is 0 Å². The van der Waals surface area contributed by atoms with E-state index in [0.29, 0.717) is 56.8 Å². The van der Waals surface area contributed by atoms with Gasteiger partial charge in [-0.15, -0.1) is 0 Å². The fourth-order valence-corrected chi connectivity index (χ4v) is 8.94. The third-order valence-electron chi connectivity index (χ3n) is 12.2. The summed E-state index contributed by atoms with van der Waals surface area (Å²) >= 11 is 0. The van der Waals surface area contributed by atoms with Crippen molar-refractivity contribution >= 4 is 46.8 Å². The van der Waals surface area contributed by atoms with Gasteiger partial charge in [-0.2, -0.15) is 0 Å². The molecule has 0 aliphatic carbocycles. The highest BCUT2D eigenvalue weighted by atomic mass is 19.1. The molecule has 0 saturated carbocycles. The van der Waals surface area contributed by atoms with Crippen molar-refractivity contribution in [1.29, 1.82) is 0 Å². The molecule has 3 fully saturated rings. The number of likely N-dealkylation sites (tertiary alicyclic amines) is 3. The summed E-state index contributed by atoms with van der Waals surface area (Å²) in [5, 5.41) is 17.4. The van der Waals surface area contributed by atoms with Crippen LogP contribution in [0.4, 0.5) is 26.2 Å². The number of benzene rings is 4. The number of amides is 5. The summed E-state index contributed by atoms with van der Waals surface area (Å²) in [6, 6.07) is 28.6. The molecule has 4 N–H and O–H groups in total. The highest BCUT2D eigenvalue weighted by molar-refractivity contribution is 5.99. The molecule has 5 amide bonds. The number of piperidine rings is 1. The van der Waals surface area contributed by atoms with Gasteiger partial charge in [0.15, 0.2) is 0 Å². The SMILES string of the molecule is CC[C@H](NC(=O)O)C(=O)N1CCC[C@H]1C(=O)Nc1ccc(CN(Cc2ccc(NC(=O)[C@@H]3CCCN3C(=O)[C@@H](c3ccccc3)N3CCCCC3)cc2)c2ccc(F)cc2)cc1. The molecule has 7 rings (SSSR count). The molecule has 3 aliphatic rings. The molecule has 0 aromatic heterocycles. The minimum absolute atomic E-state index is 0.0192. The quantitative estimate of drug-likeness (QED) is 0.0983. The van der Waals surface area contributed by atoms with Crippen molar-refractivity contribution in [1.82, 2.24) is 20.0 Å². The minimum Gasteiger partial charge on any atom is -0.465 e. The first-order chi connectivity index (χ1) is 30.1. The average molecular weight is 846 g/mol. The summed E-state index contributed by atoms with van der Waals surface area (Å²) in [5.41, 5.74) is 4.85. The molecule has 14 heteroatoms. The lowest BCUT2D eigenvalue weighted by molar-refractivity contribution is -0.142. The summed E-state index contributed by atoms with van der Waals surface area (Å²) < 4.78 is 14.0. The van der Waals surface area contributed by atoms with Gasteiger partial charge in [-0.3, -0.25) is 24.1 Å². The van der Waals surface area contributed by atoms with Crippen molar-refractivity contribution in [3.8, 4) is 0 Å². The van der Waals surface area contributed by atoms with Gasteiger partial charge in [0.25, 0.3) is 0 Å². The fraction of sp³-hybridized carbons (Fsp3) is 0.396. The molecule has 3 aliphatic heterocycles. The van der Waals surface area contributed by atoms with Gasteiger partial charge in [-0.05, 0) is 123 Å². The van der Waals surface area contributed by atoms with E-state index < -0.39 is 36.2 Å². The predicted octanol–water partition coefficient (Wildman–Crippen LogP) is 7.16. The lowest BCUT2D eigenvalue weighted by atomic mass is 10.00. The van der Waals surface area contributed by atoms with Crippen molar-refractivity contribution in [2.24, 2.45) is 0 Å². The second kappa shape index (κ2) is 20.5. The van der Waals surface area contributed by atoms with Crippen LogP contribution in [-0.2, 0) is 32.3 Å². The van der Waals surface area contributed by atoms with E-state index in [1.54, 1.807) is 36.1 Å².